The van der Waals surface area contributed by atoms with Crippen molar-refractivity contribution in [2.75, 3.05) is 0 Å². The smallest absolute Gasteiger partial charge is 0.158 e. The molecule has 2 atom stereocenters. The lowest BCUT2D eigenvalue weighted by atomic mass is 9.89. The first-order chi connectivity index (χ1) is 37.6. The first-order valence-electron chi connectivity index (χ1n) is 33.0. The van der Waals surface area contributed by atoms with Gasteiger partial charge in [0.25, 0.3) is 0 Å². The minimum Gasteiger partial charge on any atom is -0.158 e. The van der Waals surface area contributed by atoms with Gasteiger partial charge in [0.05, 0.1) is 0 Å². The molecule has 0 aromatic heterocycles. The number of benzene rings is 5. The van der Waals surface area contributed by atoms with Gasteiger partial charge in [0, 0.05) is 0 Å². The Kier molecular flexibility index (Phi) is 24.8. The third kappa shape index (κ3) is 14.7. The van der Waals surface area contributed by atoms with E-state index >= 15 is 0 Å². The third-order valence-electron chi connectivity index (χ3n) is 18.8. The van der Waals surface area contributed by atoms with Gasteiger partial charge in [0.1, 0.15) is 15.4 Å². The summed E-state index contributed by atoms with van der Waals surface area (Å²) in [4.78, 5) is 0. The maximum absolute atomic E-state index is 9.66. The molecule has 5 aromatic rings. The summed E-state index contributed by atoms with van der Waals surface area (Å²) in [5.41, 5.74) is 13.8. The number of rotatable bonds is 13. The quantitative estimate of drug-likeness (QED) is 0.0814. The van der Waals surface area contributed by atoms with Crippen LogP contribution in [0, 0.1) is 0 Å². The van der Waals surface area contributed by atoms with Crippen molar-refractivity contribution >= 4 is 64.5 Å². The van der Waals surface area contributed by atoms with Gasteiger partial charge < -0.3 is 0 Å². The Balaban J connectivity index is 0.000000470. The van der Waals surface area contributed by atoms with E-state index in [1.54, 1.807) is 54.1 Å². The number of halogens is 1. The Morgan fingerprint density at radius 3 is 0.835 bits per heavy atom. The molecule has 1 heterocycles. The Bertz CT molecular complexity index is 2430. The summed E-state index contributed by atoms with van der Waals surface area (Å²) < 4.78 is 0. The Morgan fingerprint density at radius 1 is 0.316 bits per heavy atom. The van der Waals surface area contributed by atoms with Crippen LogP contribution in [0.15, 0.2) is 91.0 Å². The molecule has 0 unspecified atom stereocenters. The summed E-state index contributed by atoms with van der Waals surface area (Å²) in [6.45, 7) is 40.8. The number of hydrogen-bond acceptors (Lipinski definition) is 0. The zero-order valence-corrected chi connectivity index (χ0v) is 58.0. The first-order valence-corrected chi connectivity index (χ1v) is 42.0. The van der Waals surface area contributed by atoms with E-state index in [4.69, 9.17) is 0 Å². The first kappa shape index (κ1) is 65.2. The van der Waals surface area contributed by atoms with Crippen LogP contribution in [0.4, 0.5) is 0 Å². The van der Waals surface area contributed by atoms with E-state index in [1.165, 1.54) is 143 Å². The van der Waals surface area contributed by atoms with E-state index in [2.05, 4.69) is 216 Å². The van der Waals surface area contributed by atoms with Crippen LogP contribution in [0.25, 0.3) is 0 Å². The van der Waals surface area contributed by atoms with Crippen LogP contribution in [-0.2, 0) is 0 Å². The zero-order chi connectivity index (χ0) is 57.8. The summed E-state index contributed by atoms with van der Waals surface area (Å²) in [6.07, 6.45) is 27.0. The number of fused-ring (bicyclic) bond motifs is 1. The van der Waals surface area contributed by atoms with Crippen LogP contribution >= 0.6 is 11.1 Å². The predicted octanol–water partition coefficient (Wildman–Crippen LogP) is 19.9. The van der Waals surface area contributed by atoms with Crippen LogP contribution in [0.3, 0.4) is 0 Å². The van der Waals surface area contributed by atoms with Crippen LogP contribution in [0.2, 0.25) is 0 Å². The summed E-state index contributed by atoms with van der Waals surface area (Å²) in [6, 6.07) is 37.6. The van der Waals surface area contributed by atoms with E-state index in [1.807, 2.05) is 0 Å². The van der Waals surface area contributed by atoms with Crippen LogP contribution in [0.5, 0.6) is 0 Å². The van der Waals surface area contributed by atoms with Crippen molar-refractivity contribution in [1.29, 1.82) is 0 Å². The summed E-state index contributed by atoms with van der Waals surface area (Å²) in [5, 5.41) is 9.65. The van der Waals surface area contributed by atoms with Crippen molar-refractivity contribution in [2.45, 2.75) is 293 Å². The summed E-state index contributed by atoms with van der Waals surface area (Å²) >= 11 is 9.66. The molecule has 3 aliphatic carbocycles. The lowest BCUT2D eigenvalue weighted by molar-refractivity contribution is 0.504. The minimum atomic E-state index is -3.27. The standard InChI is InChI=1S/C57H79ClSi3.3C6H12/c1-34(2)43-28-47(37(7)8)55(48(29-43)38(9)10)59-53-26-22-23-27-54(53)60(58,46-24-20-19-21-25-46)61(59,56-49(39(11)12)30-44(35(3)4)31-50(56)40(13)14)57-51(41(15)16)32-45(36(5)6)33-52(57)42(17)18;3*1-2-4-6-5-3-1/h19-42,59H,1-18H3;3*1-6H2/t59-,60-;;;/m1.../s1. The lowest BCUT2D eigenvalue weighted by Gasteiger charge is -2.50. The second-order valence-electron chi connectivity index (χ2n) is 27.9. The molecule has 0 nitrogen and oxygen atoms in total. The highest BCUT2D eigenvalue weighted by Crippen LogP contribution is 2.42. The van der Waals surface area contributed by atoms with Gasteiger partial charge in [-0.2, -0.15) is 11.1 Å². The van der Waals surface area contributed by atoms with Gasteiger partial charge in [0.15, 0.2) is 0 Å². The van der Waals surface area contributed by atoms with E-state index in [0.717, 1.165) is 0 Å². The maximum Gasteiger partial charge on any atom is 0.214 e. The van der Waals surface area contributed by atoms with Gasteiger partial charge in [-0.05, 0) is 124 Å². The normalized spacial score (nSPS) is 19.2. The van der Waals surface area contributed by atoms with Gasteiger partial charge in [-0.25, -0.2) is 0 Å². The van der Waals surface area contributed by atoms with E-state index in [0.29, 0.717) is 53.3 Å². The Morgan fingerprint density at radius 2 is 0.570 bits per heavy atom. The molecule has 4 heteroatoms. The molecule has 0 amide bonds. The molecule has 4 aliphatic rings. The lowest BCUT2D eigenvalue weighted by Crippen LogP contribution is -2.88. The fraction of sp³-hybridized carbons (Fsp3) is 0.600. The molecule has 434 valence electrons. The molecule has 3 saturated carbocycles. The molecule has 9 rings (SSSR count). The SMILES string of the molecule is C1CCCCC1.C1CCCCC1.C1CCCCC1.CC(C)c1cc(C(C)C)c([Si@H]2c3ccccc3[Si@@](Cl)(c3ccccc3)[Si]2(c2c(C(C)C)cc(C(C)C)cc2C(C)C)c2c(C(C)C)cc(C(C)C)cc2C(C)C)c(C(C)C)c1. The summed E-state index contributed by atoms with van der Waals surface area (Å²) in [5.74, 6) is 3.36. The minimum absolute atomic E-state index is 0.331. The highest BCUT2D eigenvalue weighted by molar-refractivity contribution is 7.92. The Labute approximate surface area is 495 Å². The number of hydrogen-bond donors (Lipinski definition) is 0. The van der Waals surface area contributed by atoms with Crippen LogP contribution < -0.4 is 31.1 Å². The topological polar surface area (TPSA) is 0 Å². The fourth-order valence-corrected chi connectivity index (χ4v) is 59.4. The highest BCUT2D eigenvalue weighted by atomic mass is 35.6. The molecular formula is C75H115ClSi3. The van der Waals surface area contributed by atoms with Crippen molar-refractivity contribution in [3.63, 3.8) is 0 Å². The van der Waals surface area contributed by atoms with Crippen molar-refractivity contribution in [1.82, 2.24) is 0 Å². The van der Waals surface area contributed by atoms with Gasteiger partial charge in [0.2, 0.25) is 6.90 Å². The van der Waals surface area contributed by atoms with Crippen molar-refractivity contribution in [2.24, 2.45) is 0 Å². The maximum atomic E-state index is 9.66. The second kappa shape index (κ2) is 30.0. The largest absolute Gasteiger partial charge is 0.214 e. The molecule has 1 aliphatic heterocycles. The fourth-order valence-electron chi connectivity index (χ4n) is 14.2. The van der Waals surface area contributed by atoms with Gasteiger partial charge in [-0.1, -0.05) is 342 Å². The molecule has 0 radical (unpaired) electrons. The van der Waals surface area contributed by atoms with Crippen molar-refractivity contribution in [3.05, 3.63) is 141 Å². The van der Waals surface area contributed by atoms with E-state index in [9.17, 15) is 11.1 Å². The van der Waals surface area contributed by atoms with Crippen molar-refractivity contribution in [3.8, 4) is 0 Å². The van der Waals surface area contributed by atoms with Crippen molar-refractivity contribution < 1.29 is 0 Å². The van der Waals surface area contributed by atoms with Crippen LogP contribution in [-0.4, -0.2) is 22.3 Å². The van der Waals surface area contributed by atoms with E-state index < -0.39 is 22.3 Å². The molecule has 0 bridgehead atoms. The molecule has 0 N–H and O–H groups in total. The average Bonchev–Trinajstić information content (AvgIpc) is 2.16. The predicted molar refractivity (Wildman–Crippen MR) is 364 cm³/mol. The average molecular weight is 1140 g/mol. The molecule has 0 spiro atoms. The summed E-state index contributed by atoms with van der Waals surface area (Å²) in [7, 11) is -5.62. The Hall–Kier alpha value is -2.96. The molecule has 5 aromatic carbocycles. The zero-order valence-electron chi connectivity index (χ0n) is 54.0. The molecule has 3 fully saturated rings. The van der Waals surface area contributed by atoms with Gasteiger partial charge in [-0.15, -0.1) is 0 Å². The van der Waals surface area contributed by atoms with Gasteiger partial charge >= 0.3 is 0 Å². The van der Waals surface area contributed by atoms with E-state index in [-0.39, 0.29) is 0 Å². The van der Waals surface area contributed by atoms with Gasteiger partial charge in [-0.3, -0.25) is 0 Å². The molecule has 79 heavy (non-hydrogen) atoms. The monoisotopic (exact) mass is 1130 g/mol. The highest BCUT2D eigenvalue weighted by Gasteiger charge is 2.72. The molecular weight excluding hydrogens is 1020 g/mol. The van der Waals surface area contributed by atoms with Crippen LogP contribution in [0.1, 0.15) is 344 Å². The third-order valence-corrected chi connectivity index (χ3v) is 53.1. The second-order valence-corrected chi connectivity index (χ2v) is 48.3. The molecule has 0 saturated heterocycles.